The number of halogens is 2. The van der Waals surface area contributed by atoms with E-state index in [-0.39, 0.29) is 18.3 Å². The van der Waals surface area contributed by atoms with Crippen molar-refractivity contribution in [2.75, 3.05) is 7.11 Å². The first kappa shape index (κ1) is 18.9. The fourth-order valence-corrected chi connectivity index (χ4v) is 3.94. The number of thiocarbonyl (C=S) groups is 1. The highest BCUT2D eigenvalue weighted by Crippen LogP contribution is 2.38. The van der Waals surface area contributed by atoms with E-state index in [9.17, 15) is 9.18 Å². The summed E-state index contributed by atoms with van der Waals surface area (Å²) in [6.07, 6.45) is 1.73. The van der Waals surface area contributed by atoms with Gasteiger partial charge < -0.3 is 14.8 Å². The van der Waals surface area contributed by atoms with Crippen LogP contribution in [-0.2, 0) is 11.4 Å². The second kappa shape index (κ2) is 8.20. The number of ether oxygens (including phenoxy) is 2. The van der Waals surface area contributed by atoms with E-state index in [1.807, 2.05) is 6.07 Å². The molecule has 4 nitrogen and oxygen atoms in total. The van der Waals surface area contributed by atoms with Crippen molar-refractivity contribution in [3.63, 3.8) is 0 Å². The molecule has 1 aliphatic rings. The van der Waals surface area contributed by atoms with Gasteiger partial charge in [0.1, 0.15) is 16.7 Å². The van der Waals surface area contributed by atoms with Crippen LogP contribution in [0.2, 0.25) is 0 Å². The largest absolute Gasteiger partial charge is 0.493 e. The fraction of sp³-hybridized carbons (Fsp3) is 0.111. The third-order valence-electron chi connectivity index (χ3n) is 3.46. The van der Waals surface area contributed by atoms with Gasteiger partial charge in [0.15, 0.2) is 11.5 Å². The van der Waals surface area contributed by atoms with Crippen LogP contribution < -0.4 is 14.8 Å². The standard InChI is InChI=1S/C18H13BrFNO3S2/c1-23-14-7-11(8-15-17(22)21-18(25)26-15)6-13(19)16(14)24-9-10-3-2-4-12(20)5-10/h2-8H,9H2,1H3,(H,21,22,25)/b15-8-. The Bertz CT molecular complexity index is 917. The number of rotatable bonds is 5. The first-order valence-electron chi connectivity index (χ1n) is 7.46. The number of benzene rings is 2. The summed E-state index contributed by atoms with van der Waals surface area (Å²) in [6, 6.07) is 9.77. The zero-order chi connectivity index (χ0) is 18.7. The summed E-state index contributed by atoms with van der Waals surface area (Å²) in [6.45, 7) is 0.194. The topological polar surface area (TPSA) is 47.6 Å². The Morgan fingerprint density at radius 2 is 2.15 bits per heavy atom. The van der Waals surface area contributed by atoms with Crippen LogP contribution in [0.1, 0.15) is 11.1 Å². The Morgan fingerprint density at radius 3 is 2.81 bits per heavy atom. The van der Waals surface area contributed by atoms with E-state index in [2.05, 4.69) is 21.2 Å². The Balaban J connectivity index is 1.84. The number of methoxy groups -OCH3 is 1. The SMILES string of the molecule is COc1cc(/C=C2\SC(=S)NC2=O)cc(Br)c1OCc1cccc(F)c1. The molecule has 2 aromatic rings. The molecule has 1 heterocycles. The molecule has 1 amide bonds. The van der Waals surface area contributed by atoms with Crippen molar-refractivity contribution in [3.05, 3.63) is 62.7 Å². The van der Waals surface area contributed by atoms with Crippen LogP contribution in [0, 0.1) is 5.82 Å². The first-order valence-corrected chi connectivity index (χ1v) is 9.47. The predicted octanol–water partition coefficient (Wildman–Crippen LogP) is 4.66. The molecule has 1 N–H and O–H groups in total. The van der Waals surface area contributed by atoms with Crippen LogP contribution in [0.5, 0.6) is 11.5 Å². The van der Waals surface area contributed by atoms with Gasteiger partial charge in [-0.3, -0.25) is 4.79 Å². The lowest BCUT2D eigenvalue weighted by atomic mass is 10.2. The molecule has 0 spiro atoms. The molecule has 1 fully saturated rings. The van der Waals surface area contributed by atoms with Gasteiger partial charge in [-0.1, -0.05) is 36.1 Å². The highest BCUT2D eigenvalue weighted by molar-refractivity contribution is 9.10. The maximum atomic E-state index is 13.3. The van der Waals surface area contributed by atoms with Crippen LogP contribution >= 0.6 is 39.9 Å². The van der Waals surface area contributed by atoms with Gasteiger partial charge in [-0.25, -0.2) is 4.39 Å². The number of amides is 1. The number of hydrogen-bond acceptors (Lipinski definition) is 5. The molecule has 0 radical (unpaired) electrons. The van der Waals surface area contributed by atoms with Crippen LogP contribution in [0.3, 0.4) is 0 Å². The summed E-state index contributed by atoms with van der Waals surface area (Å²) in [5, 5.41) is 2.57. The minimum atomic E-state index is -0.315. The van der Waals surface area contributed by atoms with Crippen LogP contribution in [0.15, 0.2) is 45.8 Å². The van der Waals surface area contributed by atoms with E-state index >= 15 is 0 Å². The normalized spacial score (nSPS) is 15.3. The molecular formula is C18H13BrFNO3S2. The lowest BCUT2D eigenvalue weighted by Gasteiger charge is -2.14. The lowest BCUT2D eigenvalue weighted by Crippen LogP contribution is -2.17. The van der Waals surface area contributed by atoms with E-state index in [0.717, 1.165) is 5.56 Å². The quantitative estimate of drug-likeness (QED) is 0.526. The van der Waals surface area contributed by atoms with Gasteiger partial charge in [0.2, 0.25) is 0 Å². The van der Waals surface area contributed by atoms with Gasteiger partial charge in [-0.05, 0) is 57.4 Å². The van der Waals surface area contributed by atoms with Gasteiger partial charge in [0.25, 0.3) is 5.91 Å². The molecule has 0 saturated carbocycles. The zero-order valence-electron chi connectivity index (χ0n) is 13.5. The highest BCUT2D eigenvalue weighted by Gasteiger charge is 2.22. The maximum absolute atomic E-state index is 13.3. The number of hydrogen-bond donors (Lipinski definition) is 1. The maximum Gasteiger partial charge on any atom is 0.263 e. The molecule has 0 bridgehead atoms. The summed E-state index contributed by atoms with van der Waals surface area (Å²) in [5.41, 5.74) is 1.46. The molecular weight excluding hydrogens is 441 g/mol. The third kappa shape index (κ3) is 4.44. The van der Waals surface area contributed by atoms with E-state index in [1.165, 1.54) is 31.0 Å². The van der Waals surface area contributed by atoms with Crippen LogP contribution in [0.4, 0.5) is 4.39 Å². The summed E-state index contributed by atoms with van der Waals surface area (Å²) in [4.78, 5) is 12.3. The van der Waals surface area contributed by atoms with E-state index in [1.54, 1.807) is 24.3 Å². The lowest BCUT2D eigenvalue weighted by molar-refractivity contribution is -0.115. The summed E-state index contributed by atoms with van der Waals surface area (Å²) in [5.74, 6) is 0.456. The monoisotopic (exact) mass is 453 g/mol. The molecule has 0 aromatic heterocycles. The number of nitrogens with one attached hydrogen (secondary N) is 1. The van der Waals surface area contributed by atoms with Crippen molar-refractivity contribution < 1.29 is 18.7 Å². The Labute approximate surface area is 167 Å². The molecule has 0 unspecified atom stereocenters. The minimum absolute atomic E-state index is 0.194. The summed E-state index contributed by atoms with van der Waals surface area (Å²) >= 11 is 9.66. The molecule has 8 heteroatoms. The van der Waals surface area contributed by atoms with Crippen molar-refractivity contribution in [2.45, 2.75) is 6.61 Å². The molecule has 1 saturated heterocycles. The van der Waals surface area contributed by atoms with Crippen molar-refractivity contribution in [1.82, 2.24) is 5.32 Å². The van der Waals surface area contributed by atoms with Gasteiger partial charge >= 0.3 is 0 Å². The molecule has 2 aromatic carbocycles. The summed E-state index contributed by atoms with van der Waals surface area (Å²) in [7, 11) is 1.53. The Kier molecular flexibility index (Phi) is 5.95. The highest BCUT2D eigenvalue weighted by atomic mass is 79.9. The second-order valence-electron chi connectivity index (χ2n) is 5.30. The molecule has 26 heavy (non-hydrogen) atoms. The number of carbonyl (C=O) groups excluding carboxylic acids is 1. The van der Waals surface area contributed by atoms with Crippen molar-refractivity contribution >= 4 is 56.2 Å². The van der Waals surface area contributed by atoms with Gasteiger partial charge in [-0.2, -0.15) is 0 Å². The van der Waals surface area contributed by atoms with E-state index in [4.69, 9.17) is 21.7 Å². The molecule has 1 aliphatic heterocycles. The number of thioether (sulfide) groups is 1. The van der Waals surface area contributed by atoms with Crippen LogP contribution in [-0.4, -0.2) is 17.3 Å². The third-order valence-corrected chi connectivity index (χ3v) is 5.22. The van der Waals surface area contributed by atoms with Crippen LogP contribution in [0.25, 0.3) is 6.08 Å². The minimum Gasteiger partial charge on any atom is -0.493 e. The second-order valence-corrected chi connectivity index (χ2v) is 7.88. The average Bonchev–Trinajstić information content (AvgIpc) is 2.90. The van der Waals surface area contributed by atoms with E-state index in [0.29, 0.717) is 30.8 Å². The van der Waals surface area contributed by atoms with Gasteiger partial charge in [0, 0.05) is 0 Å². The summed E-state index contributed by atoms with van der Waals surface area (Å²) < 4.78 is 25.6. The van der Waals surface area contributed by atoms with Crippen molar-refractivity contribution in [1.29, 1.82) is 0 Å². The number of carbonyl (C=O) groups is 1. The molecule has 3 rings (SSSR count). The average molecular weight is 454 g/mol. The zero-order valence-corrected chi connectivity index (χ0v) is 16.8. The smallest absolute Gasteiger partial charge is 0.263 e. The molecule has 134 valence electrons. The van der Waals surface area contributed by atoms with Gasteiger partial charge in [0.05, 0.1) is 16.5 Å². The Morgan fingerprint density at radius 1 is 1.35 bits per heavy atom. The first-order chi connectivity index (χ1) is 12.5. The fourth-order valence-electron chi connectivity index (χ4n) is 2.32. The van der Waals surface area contributed by atoms with Crippen molar-refractivity contribution in [3.8, 4) is 11.5 Å². The van der Waals surface area contributed by atoms with E-state index < -0.39 is 0 Å². The van der Waals surface area contributed by atoms with Crippen molar-refractivity contribution in [2.24, 2.45) is 0 Å². The Hall–Kier alpha value is -1.90. The molecule has 0 atom stereocenters. The molecule has 0 aliphatic carbocycles. The predicted molar refractivity (Wildman–Crippen MR) is 108 cm³/mol. The van der Waals surface area contributed by atoms with Gasteiger partial charge in [-0.15, -0.1) is 0 Å².